The molecule has 0 spiro atoms. The van der Waals surface area contributed by atoms with Crippen molar-refractivity contribution < 1.29 is 9.53 Å². The summed E-state index contributed by atoms with van der Waals surface area (Å²) in [5, 5.41) is 0. The van der Waals surface area contributed by atoms with Gasteiger partial charge < -0.3 is 4.74 Å². The van der Waals surface area contributed by atoms with E-state index >= 15 is 0 Å². The number of ether oxygens (including phenoxy) is 1. The van der Waals surface area contributed by atoms with Crippen LogP contribution in [0.15, 0.2) is 17.8 Å². The average Bonchev–Trinajstić information content (AvgIpc) is 2.34. The third-order valence-corrected chi connectivity index (χ3v) is 3.43. The molecule has 0 aromatic carbocycles. The predicted molar refractivity (Wildman–Crippen MR) is 70.9 cm³/mol. The summed E-state index contributed by atoms with van der Waals surface area (Å²) in [6.07, 6.45) is 7.04. The maximum atomic E-state index is 11.4. The monoisotopic (exact) mass is 245 g/mol. The molecule has 1 aliphatic rings. The lowest BCUT2D eigenvalue weighted by atomic mass is 9.93. The van der Waals surface area contributed by atoms with Crippen LogP contribution in [0.25, 0.3) is 0 Å². The molecule has 0 bridgehead atoms. The highest BCUT2D eigenvalue weighted by atomic mass is 16.5. The summed E-state index contributed by atoms with van der Waals surface area (Å²) in [7, 11) is 1.68. The van der Waals surface area contributed by atoms with E-state index in [9.17, 15) is 4.79 Å². The smallest absolute Gasteiger partial charge is 0.155 e. The average molecular weight is 245 g/mol. The van der Waals surface area contributed by atoms with Crippen LogP contribution in [0, 0.1) is 13.8 Å². The normalized spacial score (nSPS) is 15.5. The van der Waals surface area contributed by atoms with Gasteiger partial charge in [0.15, 0.2) is 5.78 Å². The topological polar surface area (TPSA) is 39.2 Å². The van der Waals surface area contributed by atoms with E-state index in [2.05, 4.69) is 4.98 Å². The van der Waals surface area contributed by atoms with Crippen LogP contribution in [0.1, 0.15) is 36.1 Å². The number of pyridine rings is 1. The van der Waals surface area contributed by atoms with Crippen molar-refractivity contribution in [2.75, 3.05) is 7.11 Å². The van der Waals surface area contributed by atoms with Crippen molar-refractivity contribution in [1.82, 2.24) is 4.98 Å². The maximum Gasteiger partial charge on any atom is 0.155 e. The van der Waals surface area contributed by atoms with Gasteiger partial charge in [-0.1, -0.05) is 5.57 Å². The van der Waals surface area contributed by atoms with Crippen LogP contribution in [0.4, 0.5) is 0 Å². The Bertz CT molecular complexity index is 503. The lowest BCUT2D eigenvalue weighted by molar-refractivity contribution is -0.115. The van der Waals surface area contributed by atoms with Gasteiger partial charge in [0.2, 0.25) is 0 Å². The van der Waals surface area contributed by atoms with Gasteiger partial charge in [-0.2, -0.15) is 0 Å². The molecule has 0 N–H and O–H groups in total. The molecule has 0 unspecified atom stereocenters. The Hall–Kier alpha value is -1.64. The summed E-state index contributed by atoms with van der Waals surface area (Å²) in [6, 6.07) is 0. The van der Waals surface area contributed by atoms with Gasteiger partial charge >= 0.3 is 0 Å². The zero-order valence-corrected chi connectivity index (χ0v) is 11.2. The van der Waals surface area contributed by atoms with E-state index in [4.69, 9.17) is 4.74 Å². The van der Waals surface area contributed by atoms with Gasteiger partial charge in [0, 0.05) is 30.2 Å². The largest absolute Gasteiger partial charge is 0.496 e. The summed E-state index contributed by atoms with van der Waals surface area (Å²) >= 11 is 0. The summed E-state index contributed by atoms with van der Waals surface area (Å²) in [4.78, 5) is 15.9. The van der Waals surface area contributed by atoms with Gasteiger partial charge in [0.1, 0.15) is 5.75 Å². The molecule has 0 aliphatic heterocycles. The van der Waals surface area contributed by atoms with Crippen molar-refractivity contribution in [2.24, 2.45) is 0 Å². The van der Waals surface area contributed by atoms with Crippen LogP contribution in [0.2, 0.25) is 0 Å². The van der Waals surface area contributed by atoms with Crippen molar-refractivity contribution in [3.8, 4) is 5.75 Å². The zero-order chi connectivity index (χ0) is 13.1. The van der Waals surface area contributed by atoms with E-state index in [0.717, 1.165) is 41.8 Å². The molecule has 0 radical (unpaired) electrons. The lowest BCUT2D eigenvalue weighted by Crippen LogP contribution is -2.07. The Morgan fingerprint density at radius 1 is 1.33 bits per heavy atom. The highest BCUT2D eigenvalue weighted by Crippen LogP contribution is 2.27. The third kappa shape index (κ3) is 2.61. The van der Waals surface area contributed by atoms with E-state index in [0.29, 0.717) is 6.42 Å². The van der Waals surface area contributed by atoms with E-state index < -0.39 is 0 Å². The number of aryl methyl sites for hydroxylation is 1. The minimum Gasteiger partial charge on any atom is -0.496 e. The van der Waals surface area contributed by atoms with Gasteiger partial charge in [-0.3, -0.25) is 9.78 Å². The number of methoxy groups -OCH3 is 1. The van der Waals surface area contributed by atoms with Crippen LogP contribution in [0.5, 0.6) is 5.75 Å². The third-order valence-electron chi connectivity index (χ3n) is 3.43. The van der Waals surface area contributed by atoms with Crippen molar-refractivity contribution in [3.05, 3.63) is 34.7 Å². The molecule has 1 aliphatic carbocycles. The molecule has 3 heteroatoms. The molecular formula is C15H19NO2. The van der Waals surface area contributed by atoms with Crippen molar-refractivity contribution in [1.29, 1.82) is 0 Å². The summed E-state index contributed by atoms with van der Waals surface area (Å²) in [6.45, 7) is 4.02. The van der Waals surface area contributed by atoms with Crippen LogP contribution in [-0.2, 0) is 11.2 Å². The fourth-order valence-electron chi connectivity index (χ4n) is 2.47. The molecule has 1 heterocycles. The molecule has 0 saturated heterocycles. The number of hydrogen-bond donors (Lipinski definition) is 0. The zero-order valence-electron chi connectivity index (χ0n) is 11.2. The second-order valence-corrected chi connectivity index (χ2v) is 4.85. The van der Waals surface area contributed by atoms with Crippen molar-refractivity contribution >= 4 is 5.78 Å². The first kappa shape index (κ1) is 12.8. The molecule has 0 fully saturated rings. The fourth-order valence-corrected chi connectivity index (χ4v) is 2.47. The molecule has 18 heavy (non-hydrogen) atoms. The molecule has 2 rings (SSSR count). The number of carbonyl (C=O) groups excluding carboxylic acids is 1. The number of hydrogen-bond acceptors (Lipinski definition) is 3. The molecule has 96 valence electrons. The first-order chi connectivity index (χ1) is 8.61. The summed E-state index contributed by atoms with van der Waals surface area (Å²) in [5.74, 6) is 1.15. The van der Waals surface area contributed by atoms with Crippen molar-refractivity contribution in [2.45, 2.75) is 39.5 Å². The Morgan fingerprint density at radius 2 is 2.11 bits per heavy atom. The summed E-state index contributed by atoms with van der Waals surface area (Å²) < 4.78 is 5.40. The first-order valence-corrected chi connectivity index (χ1v) is 6.33. The van der Waals surface area contributed by atoms with Gasteiger partial charge in [0.25, 0.3) is 0 Å². The van der Waals surface area contributed by atoms with Crippen molar-refractivity contribution in [3.63, 3.8) is 0 Å². The van der Waals surface area contributed by atoms with E-state index in [1.54, 1.807) is 13.2 Å². The number of rotatable bonds is 3. The highest BCUT2D eigenvalue weighted by molar-refractivity contribution is 5.91. The minimum absolute atomic E-state index is 0.243. The standard InChI is InChI=1S/C15H19NO2/c1-10-9-16-14(11(2)15(10)18-3)8-12-5-4-6-13(17)7-12/h7,9H,4-6,8H2,1-3H3. The summed E-state index contributed by atoms with van der Waals surface area (Å²) in [5.41, 5.74) is 4.33. The predicted octanol–water partition coefficient (Wildman–Crippen LogP) is 2.93. The molecule has 1 aromatic rings. The van der Waals surface area contributed by atoms with Gasteiger partial charge in [-0.05, 0) is 32.8 Å². The van der Waals surface area contributed by atoms with E-state index in [-0.39, 0.29) is 5.78 Å². The maximum absolute atomic E-state index is 11.4. The Kier molecular flexibility index (Phi) is 3.80. The molecule has 3 nitrogen and oxygen atoms in total. The number of aromatic nitrogens is 1. The molecule has 0 atom stereocenters. The molecule has 1 aromatic heterocycles. The lowest BCUT2D eigenvalue weighted by Gasteiger charge is -2.15. The highest BCUT2D eigenvalue weighted by Gasteiger charge is 2.14. The SMILES string of the molecule is COc1c(C)cnc(CC2=CC(=O)CCC2)c1C. The number of nitrogens with zero attached hydrogens (tertiary/aromatic N) is 1. The van der Waals surface area contributed by atoms with Gasteiger partial charge in [0.05, 0.1) is 12.8 Å². The minimum atomic E-state index is 0.243. The Balaban J connectivity index is 2.27. The molecular weight excluding hydrogens is 226 g/mol. The number of ketones is 1. The van der Waals surface area contributed by atoms with Crippen LogP contribution in [0.3, 0.4) is 0 Å². The fraction of sp³-hybridized carbons (Fsp3) is 0.467. The molecule has 0 saturated carbocycles. The number of carbonyl (C=O) groups is 1. The van der Waals surface area contributed by atoms with Gasteiger partial charge in [-0.15, -0.1) is 0 Å². The van der Waals surface area contributed by atoms with Crippen LogP contribution < -0.4 is 4.74 Å². The Morgan fingerprint density at radius 3 is 2.78 bits per heavy atom. The van der Waals surface area contributed by atoms with Crippen LogP contribution >= 0.6 is 0 Å². The Labute approximate surface area is 108 Å². The van der Waals surface area contributed by atoms with E-state index in [1.165, 1.54) is 5.57 Å². The second kappa shape index (κ2) is 5.34. The first-order valence-electron chi connectivity index (χ1n) is 6.33. The second-order valence-electron chi connectivity index (χ2n) is 4.85. The van der Waals surface area contributed by atoms with E-state index in [1.807, 2.05) is 20.0 Å². The van der Waals surface area contributed by atoms with Crippen LogP contribution in [-0.4, -0.2) is 17.9 Å². The number of allylic oxidation sites excluding steroid dienone is 2. The quantitative estimate of drug-likeness (QED) is 0.822. The van der Waals surface area contributed by atoms with Gasteiger partial charge in [-0.25, -0.2) is 0 Å². The molecule has 0 amide bonds.